The highest BCUT2D eigenvalue weighted by Gasteiger charge is 2.11. The van der Waals surface area contributed by atoms with E-state index in [1.807, 2.05) is 0 Å². The van der Waals surface area contributed by atoms with E-state index in [0.29, 0.717) is 13.2 Å². The summed E-state index contributed by atoms with van der Waals surface area (Å²) in [5.74, 6) is -0.485. The molecule has 0 aromatic rings. The van der Waals surface area contributed by atoms with Crippen LogP contribution in [0.1, 0.15) is 124 Å². The molecule has 5 nitrogen and oxygen atoms in total. The van der Waals surface area contributed by atoms with Crippen molar-refractivity contribution in [1.29, 1.82) is 0 Å². The molecular formula is C25H49NO4. The first-order valence-electron chi connectivity index (χ1n) is 12.5. The lowest BCUT2D eigenvalue weighted by atomic mass is 10.0. The molecule has 0 heterocycles. The zero-order valence-corrected chi connectivity index (χ0v) is 20.1. The van der Waals surface area contributed by atoms with E-state index < -0.39 is 0 Å². The Labute approximate surface area is 186 Å². The van der Waals surface area contributed by atoms with Gasteiger partial charge in [-0.3, -0.25) is 9.59 Å². The molecule has 0 radical (unpaired) electrons. The number of nitrogens with one attached hydrogen (secondary N) is 1. The summed E-state index contributed by atoms with van der Waals surface area (Å²) >= 11 is 0. The largest absolute Gasteiger partial charge is 0.464 e. The third-order valence-electron chi connectivity index (χ3n) is 5.36. The van der Waals surface area contributed by atoms with Gasteiger partial charge in [-0.15, -0.1) is 0 Å². The average Bonchev–Trinajstić information content (AvgIpc) is 2.70. The summed E-state index contributed by atoms with van der Waals surface area (Å²) in [4.78, 5) is 22.1. The van der Waals surface area contributed by atoms with Gasteiger partial charge in [0.2, 0.25) is 5.91 Å². The van der Waals surface area contributed by atoms with Crippen molar-refractivity contribution >= 4 is 11.9 Å². The van der Waals surface area contributed by atoms with Crippen molar-refractivity contribution in [3.8, 4) is 0 Å². The molecule has 0 spiro atoms. The van der Waals surface area contributed by atoms with E-state index in [2.05, 4.69) is 12.2 Å². The fraction of sp³-hybridized carbons (Fsp3) is 0.920. The number of unbranched alkanes of at least 4 members (excludes halogenated alkanes) is 15. The molecule has 0 bridgehead atoms. The van der Waals surface area contributed by atoms with Gasteiger partial charge in [0.25, 0.3) is 0 Å². The molecule has 0 fully saturated rings. The van der Waals surface area contributed by atoms with Crippen LogP contribution in [-0.4, -0.2) is 37.7 Å². The van der Waals surface area contributed by atoms with Gasteiger partial charge in [-0.2, -0.15) is 0 Å². The van der Waals surface area contributed by atoms with Gasteiger partial charge in [-0.05, 0) is 6.42 Å². The lowest BCUT2D eigenvalue weighted by molar-refractivity contribution is -0.143. The van der Waals surface area contributed by atoms with Crippen molar-refractivity contribution in [2.75, 3.05) is 19.8 Å². The summed E-state index contributed by atoms with van der Waals surface area (Å²) in [6, 6.07) is -0.271. The highest BCUT2D eigenvalue weighted by Crippen LogP contribution is 2.13. The van der Waals surface area contributed by atoms with E-state index >= 15 is 0 Å². The summed E-state index contributed by atoms with van der Waals surface area (Å²) in [7, 11) is 0. The molecule has 1 N–H and O–H groups in total. The quantitative estimate of drug-likeness (QED) is 0.162. The highest BCUT2D eigenvalue weighted by atomic mass is 16.5. The molecule has 1 amide bonds. The average molecular weight is 428 g/mol. The van der Waals surface area contributed by atoms with Crippen molar-refractivity contribution in [1.82, 2.24) is 5.32 Å². The van der Waals surface area contributed by atoms with Crippen molar-refractivity contribution in [2.45, 2.75) is 130 Å². The van der Waals surface area contributed by atoms with E-state index in [1.54, 1.807) is 0 Å². The second-order valence-electron chi connectivity index (χ2n) is 8.58. The summed E-state index contributed by atoms with van der Waals surface area (Å²) in [6.45, 7) is 6.32. The molecular weight excluding hydrogens is 378 g/mol. The van der Waals surface area contributed by atoms with Crippen molar-refractivity contribution in [2.24, 2.45) is 0 Å². The lowest BCUT2D eigenvalue weighted by Crippen LogP contribution is -2.40. The Morgan fingerprint density at radius 1 is 0.667 bits per heavy atom. The van der Waals surface area contributed by atoms with Gasteiger partial charge in [0.05, 0.1) is 12.6 Å². The zero-order valence-electron chi connectivity index (χ0n) is 20.1. The Balaban J connectivity index is 3.33. The third kappa shape index (κ3) is 23.2. The maximum atomic E-state index is 11.2. The number of ether oxygens (including phenoxy) is 2. The van der Waals surface area contributed by atoms with Crippen molar-refractivity contribution in [3.63, 3.8) is 0 Å². The molecule has 1 atom stereocenters. The molecule has 0 aromatic heterocycles. The number of carbonyl (C=O) groups is 2. The smallest absolute Gasteiger partial charge is 0.302 e. The summed E-state index contributed by atoms with van der Waals surface area (Å²) < 4.78 is 10.6. The molecule has 0 saturated carbocycles. The Morgan fingerprint density at radius 2 is 1.10 bits per heavy atom. The van der Waals surface area contributed by atoms with Crippen LogP contribution < -0.4 is 5.32 Å². The van der Waals surface area contributed by atoms with Crippen molar-refractivity contribution in [3.05, 3.63) is 0 Å². The van der Waals surface area contributed by atoms with Gasteiger partial charge in [-0.25, -0.2) is 0 Å². The van der Waals surface area contributed by atoms with Crippen LogP contribution >= 0.6 is 0 Å². The second kappa shape index (κ2) is 22.6. The number of esters is 1. The van der Waals surface area contributed by atoms with E-state index in [-0.39, 0.29) is 24.5 Å². The van der Waals surface area contributed by atoms with Gasteiger partial charge in [0.1, 0.15) is 6.61 Å². The summed E-state index contributed by atoms with van der Waals surface area (Å²) in [5, 5.41) is 2.75. The number of hydrogen-bond donors (Lipinski definition) is 1. The molecule has 0 aliphatic carbocycles. The van der Waals surface area contributed by atoms with Crippen LogP contribution in [0.15, 0.2) is 0 Å². The number of hydrogen-bond acceptors (Lipinski definition) is 4. The van der Waals surface area contributed by atoms with E-state index in [4.69, 9.17) is 9.47 Å². The highest BCUT2D eigenvalue weighted by molar-refractivity contribution is 5.73. The minimum atomic E-state index is -0.344. The molecule has 0 aromatic carbocycles. The predicted octanol–water partition coefficient (Wildman–Crippen LogP) is 6.33. The first-order valence-corrected chi connectivity index (χ1v) is 12.5. The van der Waals surface area contributed by atoms with Crippen LogP contribution in [0, 0.1) is 0 Å². The van der Waals surface area contributed by atoms with Gasteiger partial charge in [-0.1, -0.05) is 103 Å². The fourth-order valence-corrected chi connectivity index (χ4v) is 3.61. The molecule has 0 rings (SSSR count). The fourth-order valence-electron chi connectivity index (χ4n) is 3.61. The molecule has 1 unspecified atom stereocenters. The maximum absolute atomic E-state index is 11.2. The Morgan fingerprint density at radius 3 is 1.50 bits per heavy atom. The third-order valence-corrected chi connectivity index (χ3v) is 5.36. The van der Waals surface area contributed by atoms with Crippen LogP contribution in [-0.2, 0) is 19.1 Å². The SMILES string of the molecule is CCCCCCCCCCCCCCCCCCOCC(COC(C)=O)NC(C)=O. The van der Waals surface area contributed by atoms with Crippen LogP contribution in [0.4, 0.5) is 0 Å². The second-order valence-corrected chi connectivity index (χ2v) is 8.58. The maximum Gasteiger partial charge on any atom is 0.302 e. The minimum Gasteiger partial charge on any atom is -0.464 e. The van der Waals surface area contributed by atoms with Gasteiger partial charge < -0.3 is 14.8 Å². The van der Waals surface area contributed by atoms with E-state index in [0.717, 1.165) is 6.42 Å². The van der Waals surface area contributed by atoms with Crippen LogP contribution in [0.25, 0.3) is 0 Å². The Bertz CT molecular complexity index is 401. The molecule has 0 aliphatic heterocycles. The topological polar surface area (TPSA) is 64.6 Å². The van der Waals surface area contributed by atoms with Gasteiger partial charge >= 0.3 is 5.97 Å². The lowest BCUT2D eigenvalue weighted by Gasteiger charge is -2.17. The van der Waals surface area contributed by atoms with Gasteiger partial charge in [0.15, 0.2) is 0 Å². The molecule has 178 valence electrons. The monoisotopic (exact) mass is 427 g/mol. The minimum absolute atomic E-state index is 0.141. The van der Waals surface area contributed by atoms with E-state index in [1.165, 1.54) is 110 Å². The number of rotatable bonds is 22. The number of carbonyl (C=O) groups excluding carboxylic acids is 2. The van der Waals surface area contributed by atoms with Crippen LogP contribution in [0.5, 0.6) is 0 Å². The van der Waals surface area contributed by atoms with Crippen LogP contribution in [0.3, 0.4) is 0 Å². The van der Waals surface area contributed by atoms with E-state index in [9.17, 15) is 9.59 Å². The predicted molar refractivity (Wildman–Crippen MR) is 125 cm³/mol. The number of amides is 1. The standard InChI is InChI=1S/C25H49NO4/c1-4-5-6-7-8-9-10-11-12-13-14-15-16-17-18-19-20-29-21-25(26-23(2)27)22-30-24(3)28/h25H,4-22H2,1-3H3,(H,26,27). The van der Waals surface area contributed by atoms with Crippen LogP contribution in [0.2, 0.25) is 0 Å². The summed E-state index contributed by atoms with van der Waals surface area (Å²) in [5.41, 5.74) is 0. The molecule has 0 saturated heterocycles. The zero-order chi connectivity index (χ0) is 22.3. The van der Waals surface area contributed by atoms with Crippen molar-refractivity contribution < 1.29 is 19.1 Å². The normalized spacial score (nSPS) is 12.0. The molecule has 0 aliphatic rings. The first-order chi connectivity index (χ1) is 14.6. The Hall–Kier alpha value is -1.10. The first kappa shape index (κ1) is 28.9. The molecule has 5 heteroatoms. The Kier molecular flexibility index (Phi) is 21.8. The molecule has 30 heavy (non-hydrogen) atoms. The summed E-state index contributed by atoms with van der Waals surface area (Å²) in [6.07, 6.45) is 21.7. The van der Waals surface area contributed by atoms with Gasteiger partial charge in [0, 0.05) is 20.5 Å².